The highest BCUT2D eigenvalue weighted by Crippen LogP contribution is 2.16. The van der Waals surface area contributed by atoms with Gasteiger partial charge in [0.05, 0.1) is 6.26 Å². The number of piperazine rings is 1. The van der Waals surface area contributed by atoms with Crippen LogP contribution in [0.3, 0.4) is 0 Å². The van der Waals surface area contributed by atoms with E-state index in [4.69, 9.17) is 5.73 Å². The van der Waals surface area contributed by atoms with Gasteiger partial charge in [0.2, 0.25) is 10.0 Å². The van der Waals surface area contributed by atoms with Gasteiger partial charge in [0.25, 0.3) is 5.91 Å². The minimum absolute atomic E-state index is 0. The van der Waals surface area contributed by atoms with E-state index in [9.17, 15) is 13.2 Å². The van der Waals surface area contributed by atoms with E-state index >= 15 is 0 Å². The molecule has 1 fully saturated rings. The number of benzene rings is 1. The summed E-state index contributed by atoms with van der Waals surface area (Å²) in [6.07, 6.45) is 1.20. The first-order valence-electron chi connectivity index (χ1n) is 6.88. The van der Waals surface area contributed by atoms with E-state index in [0.717, 1.165) is 5.56 Å². The Labute approximate surface area is 137 Å². The molecule has 2 N–H and O–H groups in total. The Kier molecular flexibility index (Phi) is 6.37. The maximum Gasteiger partial charge on any atom is 0.253 e. The summed E-state index contributed by atoms with van der Waals surface area (Å²) < 4.78 is 24.7. The van der Waals surface area contributed by atoms with Gasteiger partial charge in [0, 0.05) is 37.8 Å². The Morgan fingerprint density at radius 1 is 1.27 bits per heavy atom. The van der Waals surface area contributed by atoms with Crippen LogP contribution in [0.1, 0.15) is 22.8 Å². The predicted molar refractivity (Wildman–Crippen MR) is 88.5 cm³/mol. The van der Waals surface area contributed by atoms with Crippen LogP contribution in [-0.2, 0) is 16.6 Å². The lowest BCUT2D eigenvalue weighted by Gasteiger charge is -2.38. The van der Waals surface area contributed by atoms with E-state index < -0.39 is 10.0 Å². The highest BCUT2D eigenvalue weighted by Gasteiger charge is 2.32. The molecule has 0 aromatic heterocycles. The third-order valence-electron chi connectivity index (χ3n) is 3.72. The predicted octanol–water partition coefficient (Wildman–Crippen LogP) is 0.673. The maximum atomic E-state index is 12.4. The average Bonchev–Trinajstić information content (AvgIpc) is 2.45. The Morgan fingerprint density at radius 2 is 1.86 bits per heavy atom. The summed E-state index contributed by atoms with van der Waals surface area (Å²) in [6.45, 7) is 3.42. The molecule has 1 saturated heterocycles. The summed E-state index contributed by atoms with van der Waals surface area (Å²) >= 11 is 0. The van der Waals surface area contributed by atoms with Crippen LogP contribution in [0.4, 0.5) is 0 Å². The quantitative estimate of drug-likeness (QED) is 0.871. The molecular formula is C14H22ClN3O3S. The number of carbonyl (C=O) groups is 1. The first-order valence-corrected chi connectivity index (χ1v) is 8.73. The molecule has 22 heavy (non-hydrogen) atoms. The molecule has 0 saturated carbocycles. The zero-order chi connectivity index (χ0) is 15.6. The van der Waals surface area contributed by atoms with E-state index in [-0.39, 0.29) is 24.4 Å². The van der Waals surface area contributed by atoms with Gasteiger partial charge >= 0.3 is 0 Å². The molecule has 1 amide bonds. The molecule has 124 valence electrons. The van der Waals surface area contributed by atoms with Gasteiger partial charge in [-0.1, -0.05) is 12.1 Å². The lowest BCUT2D eigenvalue weighted by molar-refractivity contribution is 0.0643. The molecule has 8 heteroatoms. The Hall–Kier alpha value is -1.15. The molecule has 1 aliphatic rings. The first kappa shape index (κ1) is 18.9. The summed E-state index contributed by atoms with van der Waals surface area (Å²) in [5.74, 6) is -0.0708. The Balaban J connectivity index is 0.00000242. The van der Waals surface area contributed by atoms with Crippen LogP contribution in [0.5, 0.6) is 0 Å². The van der Waals surface area contributed by atoms with Gasteiger partial charge in [-0.2, -0.15) is 4.31 Å². The fourth-order valence-electron chi connectivity index (χ4n) is 2.58. The molecular weight excluding hydrogens is 326 g/mol. The standard InChI is InChI=1S/C14H21N3O3S.ClH/c1-11-10-16(7-8-17(11)21(2,19)20)14(18)13-5-3-12(9-15)4-6-13;/h3-6,11H,7-10,15H2,1-2H3;1H/t11-;/m0./s1. The highest BCUT2D eigenvalue weighted by molar-refractivity contribution is 7.88. The highest BCUT2D eigenvalue weighted by atomic mass is 35.5. The SMILES string of the molecule is C[C@H]1CN(C(=O)c2ccc(CN)cc2)CCN1S(C)(=O)=O.Cl. The average molecular weight is 348 g/mol. The number of carbonyl (C=O) groups excluding carboxylic acids is 1. The minimum atomic E-state index is -3.22. The van der Waals surface area contributed by atoms with Crippen molar-refractivity contribution in [2.24, 2.45) is 5.73 Å². The van der Waals surface area contributed by atoms with Crippen molar-refractivity contribution in [1.29, 1.82) is 0 Å². The summed E-state index contributed by atoms with van der Waals surface area (Å²) in [7, 11) is -3.22. The normalized spacial score (nSPS) is 19.6. The second kappa shape index (κ2) is 7.41. The zero-order valence-electron chi connectivity index (χ0n) is 12.7. The molecule has 6 nitrogen and oxygen atoms in total. The fraction of sp³-hybridized carbons (Fsp3) is 0.500. The van der Waals surface area contributed by atoms with Crippen LogP contribution >= 0.6 is 12.4 Å². The Bertz CT molecular complexity index is 619. The lowest BCUT2D eigenvalue weighted by Crippen LogP contribution is -2.55. The number of nitrogens with two attached hydrogens (primary N) is 1. The van der Waals surface area contributed by atoms with Crippen molar-refractivity contribution in [2.45, 2.75) is 19.5 Å². The van der Waals surface area contributed by atoms with Crippen LogP contribution < -0.4 is 5.73 Å². The smallest absolute Gasteiger partial charge is 0.253 e. The van der Waals surface area contributed by atoms with Crippen molar-refractivity contribution in [3.8, 4) is 0 Å². The number of hydrogen-bond donors (Lipinski definition) is 1. The van der Waals surface area contributed by atoms with Gasteiger partial charge in [-0.05, 0) is 24.6 Å². The van der Waals surface area contributed by atoms with E-state index in [1.165, 1.54) is 10.6 Å². The van der Waals surface area contributed by atoms with Crippen LogP contribution in [-0.4, -0.2) is 55.5 Å². The van der Waals surface area contributed by atoms with Gasteiger partial charge in [-0.15, -0.1) is 12.4 Å². The van der Waals surface area contributed by atoms with Gasteiger partial charge in [-0.3, -0.25) is 4.79 Å². The lowest BCUT2D eigenvalue weighted by atomic mass is 10.1. The van der Waals surface area contributed by atoms with Crippen molar-refractivity contribution >= 4 is 28.3 Å². The van der Waals surface area contributed by atoms with E-state index in [2.05, 4.69) is 0 Å². The van der Waals surface area contributed by atoms with Crippen LogP contribution in [0.25, 0.3) is 0 Å². The van der Waals surface area contributed by atoms with Crippen LogP contribution in [0.15, 0.2) is 24.3 Å². The molecule has 1 aliphatic heterocycles. The third kappa shape index (κ3) is 4.19. The van der Waals surface area contributed by atoms with Gasteiger partial charge in [-0.25, -0.2) is 8.42 Å². The van der Waals surface area contributed by atoms with Crippen molar-refractivity contribution in [1.82, 2.24) is 9.21 Å². The molecule has 0 bridgehead atoms. The number of sulfonamides is 1. The molecule has 1 heterocycles. The number of nitrogens with zero attached hydrogens (tertiary/aromatic N) is 2. The number of hydrogen-bond acceptors (Lipinski definition) is 4. The van der Waals surface area contributed by atoms with Crippen molar-refractivity contribution in [3.05, 3.63) is 35.4 Å². The molecule has 0 unspecified atom stereocenters. The summed E-state index contributed by atoms with van der Waals surface area (Å²) in [5.41, 5.74) is 7.11. The topological polar surface area (TPSA) is 83.7 Å². The number of halogens is 1. The van der Waals surface area contributed by atoms with Gasteiger partial charge in [0.15, 0.2) is 0 Å². The van der Waals surface area contributed by atoms with Crippen molar-refractivity contribution in [3.63, 3.8) is 0 Å². The van der Waals surface area contributed by atoms with E-state index in [1.54, 1.807) is 17.0 Å². The summed E-state index contributed by atoms with van der Waals surface area (Å²) in [6, 6.07) is 6.99. The minimum Gasteiger partial charge on any atom is -0.336 e. The van der Waals surface area contributed by atoms with E-state index in [1.807, 2.05) is 19.1 Å². The zero-order valence-corrected chi connectivity index (χ0v) is 14.4. The summed E-state index contributed by atoms with van der Waals surface area (Å²) in [5, 5.41) is 0. The summed E-state index contributed by atoms with van der Waals surface area (Å²) in [4.78, 5) is 14.1. The number of rotatable bonds is 3. The van der Waals surface area contributed by atoms with Crippen molar-refractivity contribution < 1.29 is 13.2 Å². The Morgan fingerprint density at radius 3 is 2.32 bits per heavy atom. The maximum absolute atomic E-state index is 12.4. The van der Waals surface area contributed by atoms with Crippen LogP contribution in [0, 0.1) is 0 Å². The van der Waals surface area contributed by atoms with Gasteiger partial charge in [0.1, 0.15) is 0 Å². The van der Waals surface area contributed by atoms with Gasteiger partial charge < -0.3 is 10.6 Å². The molecule has 0 aliphatic carbocycles. The molecule has 2 rings (SSSR count). The van der Waals surface area contributed by atoms with Crippen LogP contribution in [0.2, 0.25) is 0 Å². The third-order valence-corrected chi connectivity index (χ3v) is 5.11. The monoisotopic (exact) mass is 347 g/mol. The van der Waals surface area contributed by atoms with Crippen molar-refractivity contribution in [2.75, 3.05) is 25.9 Å². The second-order valence-electron chi connectivity index (χ2n) is 5.37. The number of amides is 1. The molecule has 0 radical (unpaired) electrons. The first-order chi connectivity index (χ1) is 9.82. The molecule has 1 atom stereocenters. The largest absolute Gasteiger partial charge is 0.336 e. The second-order valence-corrected chi connectivity index (χ2v) is 7.31. The molecule has 0 spiro atoms. The van der Waals surface area contributed by atoms with E-state index in [0.29, 0.717) is 31.7 Å². The fourth-order valence-corrected chi connectivity index (χ4v) is 3.72. The molecule has 1 aromatic carbocycles. The molecule has 1 aromatic rings.